The van der Waals surface area contributed by atoms with Crippen molar-refractivity contribution in [2.45, 2.75) is 25.5 Å². The van der Waals surface area contributed by atoms with E-state index in [-0.39, 0.29) is 5.82 Å². The normalized spacial score (nSPS) is 14.3. The van der Waals surface area contributed by atoms with Crippen LogP contribution in [0.2, 0.25) is 0 Å². The Kier molecular flexibility index (Phi) is 4.38. The molecule has 1 aromatic carbocycles. The molecule has 1 atom stereocenters. The molecular weight excluding hydrogens is 293 g/mol. The molecule has 0 aliphatic heterocycles. The van der Waals surface area contributed by atoms with E-state index in [0.29, 0.717) is 10.0 Å². The summed E-state index contributed by atoms with van der Waals surface area (Å²) >= 11 is 3.06. The molecule has 0 radical (unpaired) electrons. The molecule has 0 saturated heterocycles. The van der Waals surface area contributed by atoms with Crippen LogP contribution in [0.5, 0.6) is 0 Å². The number of rotatable bonds is 2. The Labute approximate surface area is 106 Å². The van der Waals surface area contributed by atoms with E-state index in [1.807, 2.05) is 20.8 Å². The first-order valence-corrected chi connectivity index (χ1v) is 6.62. The Hall–Kier alpha value is -0.550. The topological polar surface area (TPSA) is 29.4 Å². The summed E-state index contributed by atoms with van der Waals surface area (Å²) in [4.78, 5) is 0. The molecule has 2 nitrogen and oxygen atoms in total. The summed E-state index contributed by atoms with van der Waals surface area (Å²) in [7, 11) is -1.31. The van der Waals surface area contributed by atoms with Gasteiger partial charge in [-0.05, 0) is 54.4 Å². The summed E-state index contributed by atoms with van der Waals surface area (Å²) in [6.45, 7) is 5.51. The highest BCUT2D eigenvalue weighted by Gasteiger charge is 2.18. The average molecular weight is 306 g/mol. The lowest BCUT2D eigenvalue weighted by atomic mass is 10.2. The molecule has 88 valence electrons. The van der Waals surface area contributed by atoms with Gasteiger partial charge in [-0.25, -0.2) is 8.60 Å². The van der Waals surface area contributed by atoms with Crippen molar-refractivity contribution in [3.63, 3.8) is 0 Å². The van der Waals surface area contributed by atoms with Crippen molar-refractivity contribution in [1.82, 2.24) is 0 Å². The Balaban J connectivity index is 2.85. The van der Waals surface area contributed by atoms with Crippen LogP contribution in [0.1, 0.15) is 26.3 Å². The van der Waals surface area contributed by atoms with E-state index in [0.717, 1.165) is 0 Å². The maximum absolute atomic E-state index is 13.2. The van der Waals surface area contributed by atoms with Gasteiger partial charge in [0.25, 0.3) is 0 Å². The summed E-state index contributed by atoms with van der Waals surface area (Å²) in [6, 6.07) is 4.64. The molecule has 0 aliphatic rings. The fourth-order valence-electron chi connectivity index (χ4n) is 0.860. The van der Waals surface area contributed by atoms with E-state index in [9.17, 15) is 8.60 Å². The second kappa shape index (κ2) is 5.19. The van der Waals surface area contributed by atoms with Crippen LogP contribution >= 0.6 is 15.9 Å². The third kappa shape index (κ3) is 3.79. The van der Waals surface area contributed by atoms with E-state index in [2.05, 4.69) is 20.3 Å². The maximum atomic E-state index is 13.2. The molecule has 0 saturated carbocycles. The highest BCUT2D eigenvalue weighted by Crippen LogP contribution is 2.16. The quantitative estimate of drug-likeness (QED) is 0.769. The van der Waals surface area contributed by atoms with Crippen LogP contribution in [-0.4, -0.2) is 15.2 Å². The highest BCUT2D eigenvalue weighted by molar-refractivity contribution is 9.10. The first-order valence-electron chi connectivity index (χ1n) is 4.72. The summed E-state index contributed by atoms with van der Waals surface area (Å²) < 4.78 is 28.7. The maximum Gasteiger partial charge on any atom is 0.144 e. The molecule has 0 N–H and O–H groups in total. The van der Waals surface area contributed by atoms with Crippen molar-refractivity contribution in [2.75, 3.05) is 0 Å². The van der Waals surface area contributed by atoms with E-state index >= 15 is 0 Å². The van der Waals surface area contributed by atoms with Crippen LogP contribution in [0.15, 0.2) is 27.1 Å². The van der Waals surface area contributed by atoms with Gasteiger partial charge in [-0.15, -0.1) is 0 Å². The van der Waals surface area contributed by atoms with Crippen molar-refractivity contribution >= 4 is 33.1 Å². The molecule has 0 aliphatic carbocycles. The lowest BCUT2D eigenvalue weighted by Crippen LogP contribution is -2.19. The fourth-order valence-corrected chi connectivity index (χ4v) is 1.64. The van der Waals surface area contributed by atoms with Gasteiger partial charge in [-0.3, -0.25) is 0 Å². The molecule has 1 aromatic rings. The van der Waals surface area contributed by atoms with Crippen LogP contribution in [-0.2, 0) is 11.0 Å². The number of halogens is 2. The van der Waals surface area contributed by atoms with Gasteiger partial charge < -0.3 is 0 Å². The minimum Gasteiger partial charge on any atom is -0.234 e. The SMILES string of the molecule is CC(C)(C)[S@](=O)N=Cc1ccc(Br)c(F)c1. The molecule has 0 heterocycles. The van der Waals surface area contributed by atoms with Gasteiger partial charge in [0.15, 0.2) is 0 Å². The lowest BCUT2D eigenvalue weighted by Gasteiger charge is -2.12. The summed E-state index contributed by atoms with van der Waals surface area (Å²) in [5, 5.41) is 0. The predicted molar refractivity (Wildman–Crippen MR) is 69.6 cm³/mol. The van der Waals surface area contributed by atoms with Crippen molar-refractivity contribution in [2.24, 2.45) is 4.40 Å². The third-order valence-corrected chi connectivity index (χ3v) is 3.75. The lowest BCUT2D eigenvalue weighted by molar-refractivity contribution is 0.621. The van der Waals surface area contributed by atoms with Crippen LogP contribution in [0.3, 0.4) is 0 Å². The van der Waals surface area contributed by atoms with Gasteiger partial charge in [0, 0.05) is 6.21 Å². The van der Waals surface area contributed by atoms with E-state index in [4.69, 9.17) is 0 Å². The molecule has 1 rings (SSSR count). The number of hydrogen-bond acceptors (Lipinski definition) is 1. The molecule has 5 heteroatoms. The van der Waals surface area contributed by atoms with Gasteiger partial charge in [0.1, 0.15) is 16.8 Å². The Bertz CT molecular complexity index is 440. The summed E-state index contributed by atoms with van der Waals surface area (Å²) in [5.41, 5.74) is 0.596. The number of nitrogens with zero attached hydrogens (tertiary/aromatic N) is 1. The van der Waals surface area contributed by atoms with Crippen LogP contribution < -0.4 is 0 Å². The second-order valence-corrected chi connectivity index (χ2v) is 7.06. The largest absolute Gasteiger partial charge is 0.234 e. The zero-order valence-corrected chi connectivity index (χ0v) is 11.7. The molecule has 0 amide bonds. The molecule has 0 spiro atoms. The second-order valence-electron chi connectivity index (χ2n) is 4.27. The summed E-state index contributed by atoms with van der Waals surface area (Å²) in [6.07, 6.45) is 1.43. The van der Waals surface area contributed by atoms with Crippen molar-refractivity contribution in [1.29, 1.82) is 0 Å². The molecular formula is C11H13BrFNOS. The minimum atomic E-state index is -1.31. The first-order chi connectivity index (χ1) is 7.30. The third-order valence-electron chi connectivity index (χ3n) is 1.77. The monoisotopic (exact) mass is 305 g/mol. The van der Waals surface area contributed by atoms with Gasteiger partial charge in [0.2, 0.25) is 0 Å². The van der Waals surface area contributed by atoms with Gasteiger partial charge in [-0.1, -0.05) is 6.07 Å². The zero-order valence-electron chi connectivity index (χ0n) is 9.33. The highest BCUT2D eigenvalue weighted by atomic mass is 79.9. The molecule has 0 unspecified atom stereocenters. The van der Waals surface area contributed by atoms with Crippen LogP contribution in [0, 0.1) is 5.82 Å². The number of hydrogen-bond donors (Lipinski definition) is 0. The smallest absolute Gasteiger partial charge is 0.144 e. The van der Waals surface area contributed by atoms with Gasteiger partial charge in [-0.2, -0.15) is 4.40 Å². The zero-order chi connectivity index (χ0) is 12.3. The number of benzene rings is 1. The molecule has 0 aromatic heterocycles. The average Bonchev–Trinajstić information content (AvgIpc) is 2.18. The molecule has 0 fully saturated rings. The summed E-state index contributed by atoms with van der Waals surface area (Å²) in [5.74, 6) is -0.356. The van der Waals surface area contributed by atoms with E-state index in [1.165, 1.54) is 12.3 Å². The van der Waals surface area contributed by atoms with Crippen molar-refractivity contribution < 1.29 is 8.60 Å². The van der Waals surface area contributed by atoms with Crippen molar-refractivity contribution in [3.8, 4) is 0 Å². The van der Waals surface area contributed by atoms with E-state index < -0.39 is 15.7 Å². The van der Waals surface area contributed by atoms with Gasteiger partial charge in [0.05, 0.1) is 9.22 Å². The fraction of sp³-hybridized carbons (Fsp3) is 0.364. The molecule has 16 heavy (non-hydrogen) atoms. The first kappa shape index (κ1) is 13.5. The molecule has 0 bridgehead atoms. The van der Waals surface area contributed by atoms with Gasteiger partial charge >= 0.3 is 0 Å². The van der Waals surface area contributed by atoms with Crippen LogP contribution in [0.4, 0.5) is 4.39 Å². The minimum absolute atomic E-state index is 0.356. The standard InChI is InChI=1S/C11H13BrFNOS/c1-11(2,3)16(15)14-7-8-4-5-9(12)10(13)6-8/h4-7H,1-3H3/t16-/m0/s1. The van der Waals surface area contributed by atoms with E-state index in [1.54, 1.807) is 12.1 Å². The van der Waals surface area contributed by atoms with Crippen molar-refractivity contribution in [3.05, 3.63) is 34.1 Å². The Morgan fingerprint density at radius 2 is 2.06 bits per heavy atom. The van der Waals surface area contributed by atoms with Crippen LogP contribution in [0.25, 0.3) is 0 Å². The Morgan fingerprint density at radius 3 is 2.56 bits per heavy atom. The Morgan fingerprint density at radius 1 is 1.44 bits per heavy atom. The predicted octanol–water partition coefficient (Wildman–Crippen LogP) is 3.47.